The van der Waals surface area contributed by atoms with Crippen molar-refractivity contribution in [3.63, 3.8) is 0 Å². The van der Waals surface area contributed by atoms with Gasteiger partial charge in [0.2, 0.25) is 0 Å². The molecular formula is C8H12O4. The van der Waals surface area contributed by atoms with Crippen molar-refractivity contribution >= 4 is 12.3 Å². The van der Waals surface area contributed by atoms with E-state index < -0.39 is 23.6 Å². The molecule has 0 radical (unpaired) electrons. The number of aldehydes is 1. The largest absolute Gasteiger partial charge is 0.459 e. The highest BCUT2D eigenvalue weighted by atomic mass is 16.6. The fourth-order valence-corrected chi connectivity index (χ4v) is 1.10. The lowest BCUT2D eigenvalue weighted by molar-refractivity contribution is -0.151. The highest BCUT2D eigenvalue weighted by Gasteiger charge is 2.42. The molecule has 1 rings (SSSR count). The van der Waals surface area contributed by atoms with E-state index in [1.54, 1.807) is 13.8 Å². The van der Waals surface area contributed by atoms with Gasteiger partial charge < -0.3 is 14.6 Å². The van der Waals surface area contributed by atoms with Crippen LogP contribution in [0.15, 0.2) is 0 Å². The predicted octanol–water partition coefficient (Wildman–Crippen LogP) is -0.112. The number of aliphatic hydroxyl groups excluding tert-OH is 1. The number of cyclic esters (lactones) is 1. The molecule has 1 saturated heterocycles. The summed E-state index contributed by atoms with van der Waals surface area (Å²) in [4.78, 5) is 21.3. The third kappa shape index (κ3) is 1.48. The summed E-state index contributed by atoms with van der Waals surface area (Å²) in [6.45, 7) is 3.35. The van der Waals surface area contributed by atoms with Gasteiger partial charge in [-0.05, 0) is 13.8 Å². The monoisotopic (exact) mass is 172 g/mol. The molecule has 0 aromatic rings. The number of rotatable bonds is 2. The van der Waals surface area contributed by atoms with Crippen molar-refractivity contribution in [1.29, 1.82) is 0 Å². The standard InChI is InChI=1S/C8H12O4/c1-8(2,4-9)6-3-5(10)7(11)12-6/h4-6,10H,3H2,1-2H3/t5-,6+/m0/s1. The summed E-state index contributed by atoms with van der Waals surface area (Å²) in [5, 5.41) is 9.04. The van der Waals surface area contributed by atoms with Crippen LogP contribution in [0.5, 0.6) is 0 Å². The lowest BCUT2D eigenvalue weighted by Crippen LogP contribution is -2.30. The lowest BCUT2D eigenvalue weighted by atomic mass is 9.86. The first-order valence-corrected chi connectivity index (χ1v) is 3.82. The average molecular weight is 172 g/mol. The second kappa shape index (κ2) is 2.86. The maximum Gasteiger partial charge on any atom is 0.335 e. The minimum atomic E-state index is -1.06. The lowest BCUT2D eigenvalue weighted by Gasteiger charge is -2.22. The Kier molecular flexibility index (Phi) is 2.19. The molecule has 4 heteroatoms. The molecule has 1 heterocycles. The summed E-state index contributed by atoms with van der Waals surface area (Å²) in [5.74, 6) is -0.630. The van der Waals surface area contributed by atoms with Crippen LogP contribution in [-0.2, 0) is 14.3 Å². The Labute approximate surface area is 70.5 Å². The zero-order valence-electron chi connectivity index (χ0n) is 7.11. The summed E-state index contributed by atoms with van der Waals surface area (Å²) in [5.41, 5.74) is -0.701. The molecule has 4 nitrogen and oxygen atoms in total. The molecule has 1 aliphatic heterocycles. The molecule has 0 unspecified atom stereocenters. The SMILES string of the molecule is CC(C)(C=O)[C@H]1C[C@H](O)C(=O)O1. The van der Waals surface area contributed by atoms with Crippen molar-refractivity contribution in [2.24, 2.45) is 5.41 Å². The predicted molar refractivity (Wildman–Crippen MR) is 40.3 cm³/mol. The van der Waals surface area contributed by atoms with Crippen molar-refractivity contribution in [2.75, 3.05) is 0 Å². The molecule has 1 aliphatic rings. The molecule has 0 aliphatic carbocycles. The number of ether oxygens (including phenoxy) is 1. The number of aliphatic hydroxyl groups is 1. The zero-order chi connectivity index (χ0) is 9.35. The van der Waals surface area contributed by atoms with Crippen molar-refractivity contribution in [3.8, 4) is 0 Å². The van der Waals surface area contributed by atoms with Crippen molar-refractivity contribution < 1.29 is 19.4 Å². The summed E-state index contributed by atoms with van der Waals surface area (Å²) in [6.07, 6.45) is -0.597. The highest BCUT2D eigenvalue weighted by Crippen LogP contribution is 2.29. The van der Waals surface area contributed by atoms with E-state index >= 15 is 0 Å². The van der Waals surface area contributed by atoms with Gasteiger partial charge in [-0.1, -0.05) is 0 Å². The van der Waals surface area contributed by atoms with Gasteiger partial charge in [0.1, 0.15) is 12.4 Å². The molecule has 12 heavy (non-hydrogen) atoms. The van der Waals surface area contributed by atoms with Crippen LogP contribution in [0.25, 0.3) is 0 Å². The van der Waals surface area contributed by atoms with E-state index in [1.165, 1.54) is 0 Å². The Morgan fingerprint density at radius 3 is 2.58 bits per heavy atom. The molecule has 0 aromatic carbocycles. The quantitative estimate of drug-likeness (QED) is 0.466. The fourth-order valence-electron chi connectivity index (χ4n) is 1.10. The van der Waals surface area contributed by atoms with E-state index in [4.69, 9.17) is 9.84 Å². The minimum absolute atomic E-state index is 0.213. The average Bonchev–Trinajstić information content (AvgIpc) is 2.33. The van der Waals surface area contributed by atoms with Gasteiger partial charge in [-0.15, -0.1) is 0 Å². The molecule has 0 spiro atoms. The second-order valence-corrected chi connectivity index (χ2v) is 3.62. The molecule has 1 N–H and O–H groups in total. The van der Waals surface area contributed by atoms with E-state index in [1.807, 2.05) is 0 Å². The molecule has 2 atom stereocenters. The zero-order valence-corrected chi connectivity index (χ0v) is 7.11. The summed E-state index contributed by atoms with van der Waals surface area (Å²) in [6, 6.07) is 0. The third-order valence-corrected chi connectivity index (χ3v) is 2.10. The highest BCUT2D eigenvalue weighted by molar-refractivity contribution is 5.77. The van der Waals surface area contributed by atoms with Crippen LogP contribution >= 0.6 is 0 Å². The van der Waals surface area contributed by atoms with Gasteiger partial charge in [0.05, 0.1) is 5.41 Å². The molecule has 0 bridgehead atoms. The van der Waals surface area contributed by atoms with Gasteiger partial charge in [-0.25, -0.2) is 4.79 Å². The number of hydrogen-bond acceptors (Lipinski definition) is 4. The van der Waals surface area contributed by atoms with Crippen LogP contribution in [-0.4, -0.2) is 29.6 Å². The molecule has 0 amide bonds. The van der Waals surface area contributed by atoms with E-state index in [2.05, 4.69) is 0 Å². The van der Waals surface area contributed by atoms with Gasteiger partial charge >= 0.3 is 5.97 Å². The van der Waals surface area contributed by atoms with Gasteiger partial charge in [0.25, 0.3) is 0 Å². The van der Waals surface area contributed by atoms with Crippen molar-refractivity contribution in [3.05, 3.63) is 0 Å². The number of carbonyl (C=O) groups is 2. The molecule has 68 valence electrons. The van der Waals surface area contributed by atoms with E-state index in [0.717, 1.165) is 6.29 Å². The maximum absolute atomic E-state index is 10.8. The van der Waals surface area contributed by atoms with Gasteiger partial charge in [-0.3, -0.25) is 0 Å². The Morgan fingerprint density at radius 2 is 2.25 bits per heavy atom. The van der Waals surface area contributed by atoms with Gasteiger partial charge in [-0.2, -0.15) is 0 Å². The normalized spacial score (nSPS) is 30.1. The second-order valence-electron chi connectivity index (χ2n) is 3.62. The van der Waals surface area contributed by atoms with Crippen LogP contribution in [0.1, 0.15) is 20.3 Å². The Balaban J connectivity index is 2.69. The van der Waals surface area contributed by atoms with Crippen LogP contribution in [0.3, 0.4) is 0 Å². The first kappa shape index (κ1) is 9.19. The topological polar surface area (TPSA) is 63.6 Å². The van der Waals surface area contributed by atoms with Crippen LogP contribution in [0, 0.1) is 5.41 Å². The molecule has 0 saturated carbocycles. The smallest absolute Gasteiger partial charge is 0.335 e. The van der Waals surface area contributed by atoms with Crippen LogP contribution < -0.4 is 0 Å². The first-order chi connectivity index (χ1) is 5.47. The maximum atomic E-state index is 10.8. The van der Waals surface area contributed by atoms with Gasteiger partial charge in [0, 0.05) is 6.42 Å². The molecule has 0 aromatic heterocycles. The molecular weight excluding hydrogens is 160 g/mol. The summed E-state index contributed by atoms with van der Waals surface area (Å²) < 4.78 is 4.81. The van der Waals surface area contributed by atoms with Crippen molar-refractivity contribution in [1.82, 2.24) is 0 Å². The Bertz CT molecular complexity index is 209. The van der Waals surface area contributed by atoms with E-state index in [-0.39, 0.29) is 6.42 Å². The van der Waals surface area contributed by atoms with Crippen molar-refractivity contribution in [2.45, 2.75) is 32.5 Å². The number of carbonyl (C=O) groups excluding carboxylic acids is 2. The Hall–Kier alpha value is -0.900. The minimum Gasteiger partial charge on any atom is -0.459 e. The third-order valence-electron chi connectivity index (χ3n) is 2.10. The van der Waals surface area contributed by atoms with Gasteiger partial charge in [0.15, 0.2) is 6.10 Å². The fraction of sp³-hybridized carbons (Fsp3) is 0.750. The molecule has 1 fully saturated rings. The van der Waals surface area contributed by atoms with Crippen LogP contribution in [0.4, 0.5) is 0 Å². The number of esters is 1. The first-order valence-electron chi connectivity index (χ1n) is 3.82. The van der Waals surface area contributed by atoms with Crippen LogP contribution in [0.2, 0.25) is 0 Å². The van der Waals surface area contributed by atoms with E-state index in [0.29, 0.717) is 0 Å². The Morgan fingerprint density at radius 1 is 1.67 bits per heavy atom. The number of hydrogen-bond donors (Lipinski definition) is 1. The van der Waals surface area contributed by atoms with E-state index in [9.17, 15) is 9.59 Å². The summed E-state index contributed by atoms with van der Waals surface area (Å²) in [7, 11) is 0. The summed E-state index contributed by atoms with van der Waals surface area (Å²) >= 11 is 0.